The number of hydrogen-bond acceptors (Lipinski definition) is 7. The predicted molar refractivity (Wildman–Crippen MR) is 135 cm³/mol. The Morgan fingerprint density at radius 1 is 0.861 bits per heavy atom. The van der Waals surface area contributed by atoms with Gasteiger partial charge in [-0.3, -0.25) is 9.10 Å². The van der Waals surface area contributed by atoms with Crippen molar-refractivity contribution in [3.05, 3.63) is 101 Å². The molecule has 1 aliphatic heterocycles. The zero-order chi connectivity index (χ0) is 25.9. The predicted octanol–water partition coefficient (Wildman–Crippen LogP) is 3.67. The Hall–Kier alpha value is -3.95. The number of methoxy groups -OCH3 is 1. The van der Waals surface area contributed by atoms with Crippen molar-refractivity contribution in [3.63, 3.8) is 0 Å². The van der Waals surface area contributed by atoms with Crippen molar-refractivity contribution in [3.8, 4) is 5.75 Å². The number of sulfonamides is 1. The van der Waals surface area contributed by atoms with Gasteiger partial charge in [0.25, 0.3) is 10.0 Å². The van der Waals surface area contributed by atoms with Crippen LogP contribution < -0.4 is 4.74 Å². The second kappa shape index (κ2) is 10.3. The summed E-state index contributed by atoms with van der Waals surface area (Å²) < 4.78 is 39.4. The summed E-state index contributed by atoms with van der Waals surface area (Å²) in [5.41, 5.74) is 0.443. The van der Waals surface area contributed by atoms with Crippen molar-refractivity contribution in [2.75, 3.05) is 34.3 Å². The van der Waals surface area contributed by atoms with Gasteiger partial charge in [-0.1, -0.05) is 42.5 Å². The number of esters is 1. The summed E-state index contributed by atoms with van der Waals surface area (Å²) in [5.74, 6) is -0.832. The highest BCUT2D eigenvalue weighted by Gasteiger charge is 2.41. The molecule has 0 amide bonds. The summed E-state index contributed by atoms with van der Waals surface area (Å²) in [4.78, 5) is 28.7. The van der Waals surface area contributed by atoms with E-state index >= 15 is 0 Å². The monoisotopic (exact) mass is 506 g/mol. The number of likely N-dealkylation sites (N-methyl/N-ethyl adjacent to an activating group) is 1. The van der Waals surface area contributed by atoms with Gasteiger partial charge in [0, 0.05) is 24.2 Å². The molecule has 4 rings (SSSR count). The molecule has 0 unspecified atom stereocenters. The van der Waals surface area contributed by atoms with Crippen molar-refractivity contribution in [1.29, 1.82) is 0 Å². The molecule has 0 N–H and O–H groups in total. The van der Waals surface area contributed by atoms with Gasteiger partial charge in [-0.15, -0.1) is 0 Å². The molecule has 0 aromatic heterocycles. The molecule has 0 saturated carbocycles. The van der Waals surface area contributed by atoms with E-state index < -0.39 is 21.8 Å². The lowest BCUT2D eigenvalue weighted by Crippen LogP contribution is -2.42. The van der Waals surface area contributed by atoms with Crippen LogP contribution in [0.15, 0.2) is 89.5 Å². The van der Waals surface area contributed by atoms with Gasteiger partial charge in [-0.2, -0.15) is 0 Å². The lowest BCUT2D eigenvalue weighted by atomic mass is 10.0. The van der Waals surface area contributed by atoms with Crippen molar-refractivity contribution in [2.24, 2.45) is 0 Å². The van der Waals surface area contributed by atoms with Gasteiger partial charge < -0.3 is 14.4 Å². The normalized spacial score (nSPS) is 14.4. The largest absolute Gasteiger partial charge is 0.497 e. The Morgan fingerprint density at radius 2 is 1.50 bits per heavy atom. The van der Waals surface area contributed by atoms with Crippen LogP contribution in [0.1, 0.15) is 26.3 Å². The molecule has 36 heavy (non-hydrogen) atoms. The smallest absolute Gasteiger partial charge is 0.343 e. The first-order valence-corrected chi connectivity index (χ1v) is 12.6. The molecule has 0 fully saturated rings. The van der Waals surface area contributed by atoms with Gasteiger partial charge in [-0.25, -0.2) is 13.2 Å². The molecule has 1 aliphatic rings. The van der Waals surface area contributed by atoms with Crippen LogP contribution in [0.2, 0.25) is 0 Å². The third kappa shape index (κ3) is 4.89. The number of rotatable bonds is 8. The van der Waals surface area contributed by atoms with Crippen LogP contribution >= 0.6 is 0 Å². The highest BCUT2D eigenvalue weighted by molar-refractivity contribution is 7.89. The van der Waals surface area contributed by atoms with E-state index in [1.165, 1.54) is 31.4 Å². The van der Waals surface area contributed by atoms with Crippen molar-refractivity contribution in [1.82, 2.24) is 9.21 Å². The van der Waals surface area contributed by atoms with E-state index in [0.717, 1.165) is 4.31 Å². The van der Waals surface area contributed by atoms with Crippen LogP contribution in [-0.2, 0) is 14.8 Å². The van der Waals surface area contributed by atoms with Crippen LogP contribution in [0.3, 0.4) is 0 Å². The van der Waals surface area contributed by atoms with Crippen LogP contribution in [0.5, 0.6) is 5.75 Å². The molecule has 0 aliphatic carbocycles. The first-order chi connectivity index (χ1) is 17.2. The number of benzene rings is 3. The molecule has 0 radical (unpaired) electrons. The summed E-state index contributed by atoms with van der Waals surface area (Å²) in [6.45, 7) is 0.327. The lowest BCUT2D eigenvalue weighted by Gasteiger charge is -2.33. The molecule has 1 heterocycles. The van der Waals surface area contributed by atoms with Gasteiger partial charge >= 0.3 is 5.97 Å². The maximum atomic E-state index is 13.8. The third-order valence-corrected chi connectivity index (χ3v) is 7.54. The van der Waals surface area contributed by atoms with E-state index in [2.05, 4.69) is 0 Å². The SMILES string of the molecule is COc1ccc(C(=O)OC2=C(C(=O)c3ccccc3)N(CCN(C)C)S(=O)(=O)c3ccccc32)cc1. The third-order valence-electron chi connectivity index (χ3n) is 5.69. The van der Waals surface area contributed by atoms with Gasteiger partial charge in [0.1, 0.15) is 11.4 Å². The van der Waals surface area contributed by atoms with Crippen molar-refractivity contribution >= 4 is 27.5 Å². The molecule has 186 valence electrons. The number of nitrogens with zero attached hydrogens (tertiary/aromatic N) is 2. The maximum absolute atomic E-state index is 13.8. The van der Waals surface area contributed by atoms with Gasteiger partial charge in [0.05, 0.1) is 17.6 Å². The second-order valence-electron chi connectivity index (χ2n) is 8.37. The lowest BCUT2D eigenvalue weighted by molar-refractivity contribution is 0.0685. The van der Waals surface area contributed by atoms with E-state index in [-0.39, 0.29) is 39.6 Å². The summed E-state index contributed by atoms with van der Waals surface area (Å²) >= 11 is 0. The molecule has 8 nitrogen and oxygen atoms in total. The first kappa shape index (κ1) is 25.2. The molecule has 0 atom stereocenters. The molecule has 3 aromatic carbocycles. The minimum Gasteiger partial charge on any atom is -0.497 e. The average molecular weight is 507 g/mol. The van der Waals surface area contributed by atoms with E-state index in [1.807, 2.05) is 4.90 Å². The summed E-state index contributed by atoms with van der Waals surface area (Å²) in [6, 6.07) is 20.8. The fourth-order valence-electron chi connectivity index (χ4n) is 3.81. The highest BCUT2D eigenvalue weighted by atomic mass is 32.2. The molecule has 0 spiro atoms. The van der Waals surface area contributed by atoms with Crippen LogP contribution in [0.4, 0.5) is 0 Å². The van der Waals surface area contributed by atoms with Gasteiger partial charge in [-0.05, 0) is 50.5 Å². The van der Waals surface area contributed by atoms with E-state index in [1.54, 1.807) is 68.7 Å². The Labute approximate surface area is 210 Å². The Balaban J connectivity index is 1.91. The number of hydrogen-bond donors (Lipinski definition) is 0. The Bertz CT molecular complexity index is 1410. The zero-order valence-corrected chi connectivity index (χ0v) is 21.0. The summed E-state index contributed by atoms with van der Waals surface area (Å²) in [5, 5.41) is 0. The maximum Gasteiger partial charge on any atom is 0.343 e. The number of carbonyl (C=O) groups is 2. The number of allylic oxidation sites excluding steroid dienone is 1. The van der Waals surface area contributed by atoms with Crippen molar-refractivity contribution in [2.45, 2.75) is 4.90 Å². The topological polar surface area (TPSA) is 93.2 Å². The summed E-state index contributed by atoms with van der Waals surface area (Å²) in [6.07, 6.45) is 0. The minimum absolute atomic E-state index is 0.0127. The Morgan fingerprint density at radius 3 is 2.14 bits per heavy atom. The van der Waals surface area contributed by atoms with Crippen molar-refractivity contribution < 1.29 is 27.5 Å². The first-order valence-electron chi connectivity index (χ1n) is 11.2. The van der Waals surface area contributed by atoms with Crippen LogP contribution in [0, 0.1) is 0 Å². The average Bonchev–Trinajstić information content (AvgIpc) is 2.89. The molecule has 3 aromatic rings. The minimum atomic E-state index is -4.10. The highest BCUT2D eigenvalue weighted by Crippen LogP contribution is 2.39. The molecule has 0 bridgehead atoms. The fourth-order valence-corrected chi connectivity index (χ4v) is 5.46. The molecule has 0 saturated heterocycles. The fraction of sp³-hybridized carbons (Fsp3) is 0.185. The second-order valence-corrected chi connectivity index (χ2v) is 10.2. The molecular weight excluding hydrogens is 480 g/mol. The van der Waals surface area contributed by atoms with E-state index in [0.29, 0.717) is 12.3 Å². The summed E-state index contributed by atoms with van der Waals surface area (Å²) in [7, 11) is 1.02. The number of ether oxygens (including phenoxy) is 2. The van der Waals surface area contributed by atoms with E-state index in [9.17, 15) is 18.0 Å². The standard InChI is InChI=1S/C27H26N2O6S/c1-28(2)17-18-29-24(25(30)19-9-5-4-6-10-19)26(22-11-7-8-12-23(22)36(29,32)33)35-27(31)20-13-15-21(34-3)16-14-20/h4-16H,17-18H2,1-3H3. The number of ketones is 1. The van der Waals surface area contributed by atoms with Crippen LogP contribution in [-0.4, -0.2) is 63.7 Å². The quantitative estimate of drug-likeness (QED) is 0.340. The number of carbonyl (C=O) groups excluding carboxylic acids is 2. The van der Waals surface area contributed by atoms with Gasteiger partial charge in [0.15, 0.2) is 5.76 Å². The molecular formula is C27H26N2O6S. The molecule has 9 heteroatoms. The van der Waals surface area contributed by atoms with E-state index in [4.69, 9.17) is 9.47 Å². The zero-order valence-electron chi connectivity index (χ0n) is 20.2. The number of Topliss-reactive ketones (excluding diaryl/α,β-unsaturated/α-hetero) is 1. The Kier molecular flexibility index (Phi) is 7.23. The number of fused-ring (bicyclic) bond motifs is 1. The van der Waals surface area contributed by atoms with Gasteiger partial charge in [0.2, 0.25) is 5.78 Å². The van der Waals surface area contributed by atoms with Crippen LogP contribution in [0.25, 0.3) is 5.76 Å².